The van der Waals surface area contributed by atoms with Crippen LogP contribution in [0.5, 0.6) is 11.5 Å². The molecule has 6 nitrogen and oxygen atoms in total. The van der Waals surface area contributed by atoms with Gasteiger partial charge in [-0.1, -0.05) is 41.9 Å². The van der Waals surface area contributed by atoms with E-state index in [1.807, 2.05) is 12.3 Å². The van der Waals surface area contributed by atoms with Crippen molar-refractivity contribution in [1.29, 1.82) is 0 Å². The average Bonchev–Trinajstić information content (AvgIpc) is 2.82. The number of ether oxygens (including phenoxy) is 3. The van der Waals surface area contributed by atoms with Crippen molar-refractivity contribution < 1.29 is 23.8 Å². The smallest absolute Gasteiger partial charge is 0.343 e. The molecule has 0 radical (unpaired) electrons. The molecule has 0 heterocycles. The highest BCUT2D eigenvalue weighted by molar-refractivity contribution is 7.98. The molecule has 0 spiro atoms. The molecule has 0 aliphatic carbocycles. The second-order valence-electron chi connectivity index (χ2n) is 6.60. The first kappa shape index (κ1) is 23.5. The maximum atomic E-state index is 13.1. The molecule has 1 amide bonds. The Kier molecular flexibility index (Phi) is 8.03. The normalized spacial score (nSPS) is 11.4. The standard InChI is InChI=1S/C24H22ClNO5S/c1-29-20-12-9-16(13-19(20)25)26-23(27)22(15-7-5-4-6-8-15)31-24(28)18-11-10-17(32-3)14-21(18)30-2/h4-14,22H,1-3H3,(H,26,27)/t22-/m1/s1. The van der Waals surface area contributed by atoms with Crippen molar-refractivity contribution >= 4 is 40.9 Å². The lowest BCUT2D eigenvalue weighted by atomic mass is 10.1. The van der Waals surface area contributed by atoms with E-state index in [4.69, 9.17) is 25.8 Å². The van der Waals surface area contributed by atoms with Crippen molar-refractivity contribution in [2.75, 3.05) is 25.8 Å². The number of carbonyl (C=O) groups is 2. The van der Waals surface area contributed by atoms with Gasteiger partial charge in [0.2, 0.25) is 6.10 Å². The Bertz CT molecular complexity index is 1110. The fourth-order valence-corrected chi connectivity index (χ4v) is 3.68. The lowest BCUT2D eigenvalue weighted by Crippen LogP contribution is -2.26. The van der Waals surface area contributed by atoms with Crippen LogP contribution in [0.1, 0.15) is 22.0 Å². The molecule has 0 fully saturated rings. The van der Waals surface area contributed by atoms with Gasteiger partial charge in [0.05, 0.1) is 19.2 Å². The molecule has 0 saturated heterocycles. The number of halogens is 1. The van der Waals surface area contributed by atoms with Crippen molar-refractivity contribution in [3.8, 4) is 11.5 Å². The van der Waals surface area contributed by atoms with Crippen LogP contribution in [0.25, 0.3) is 0 Å². The van der Waals surface area contributed by atoms with Crippen LogP contribution in [0.4, 0.5) is 5.69 Å². The third-order valence-corrected chi connectivity index (χ3v) is 5.63. The van der Waals surface area contributed by atoms with E-state index in [9.17, 15) is 9.59 Å². The molecular formula is C24H22ClNO5S. The molecule has 8 heteroatoms. The summed E-state index contributed by atoms with van der Waals surface area (Å²) >= 11 is 7.68. The summed E-state index contributed by atoms with van der Waals surface area (Å²) in [5, 5.41) is 3.09. The van der Waals surface area contributed by atoms with Gasteiger partial charge < -0.3 is 19.5 Å². The number of hydrogen-bond donors (Lipinski definition) is 1. The van der Waals surface area contributed by atoms with Gasteiger partial charge in [0.25, 0.3) is 5.91 Å². The Balaban J connectivity index is 1.88. The second-order valence-corrected chi connectivity index (χ2v) is 7.89. The van der Waals surface area contributed by atoms with Gasteiger partial charge in [-0.25, -0.2) is 4.79 Å². The number of thioether (sulfide) groups is 1. The van der Waals surface area contributed by atoms with Gasteiger partial charge in [0, 0.05) is 16.1 Å². The Morgan fingerprint density at radius 3 is 2.28 bits per heavy atom. The summed E-state index contributed by atoms with van der Waals surface area (Å²) < 4.78 is 16.1. The van der Waals surface area contributed by atoms with Crippen LogP contribution in [-0.2, 0) is 9.53 Å². The lowest BCUT2D eigenvalue weighted by Gasteiger charge is -2.19. The minimum absolute atomic E-state index is 0.228. The van der Waals surface area contributed by atoms with Crippen molar-refractivity contribution in [2.45, 2.75) is 11.0 Å². The van der Waals surface area contributed by atoms with Crippen LogP contribution in [-0.4, -0.2) is 32.4 Å². The average molecular weight is 472 g/mol. The predicted octanol–water partition coefficient (Wildman–Crippen LogP) is 5.62. The first-order chi connectivity index (χ1) is 15.5. The van der Waals surface area contributed by atoms with E-state index in [0.717, 1.165) is 4.90 Å². The van der Waals surface area contributed by atoms with Gasteiger partial charge in [-0.15, -0.1) is 11.8 Å². The number of carbonyl (C=O) groups excluding carboxylic acids is 2. The molecule has 0 aliphatic heterocycles. The Hall–Kier alpha value is -3.16. The number of methoxy groups -OCH3 is 2. The highest BCUT2D eigenvalue weighted by Crippen LogP contribution is 2.30. The molecule has 3 aromatic rings. The minimum Gasteiger partial charge on any atom is -0.496 e. The van der Waals surface area contributed by atoms with E-state index in [-0.39, 0.29) is 5.56 Å². The molecule has 0 bridgehead atoms. The first-order valence-electron chi connectivity index (χ1n) is 9.59. The fourth-order valence-electron chi connectivity index (χ4n) is 2.99. The number of anilines is 1. The monoisotopic (exact) mass is 471 g/mol. The SMILES string of the molecule is COc1ccc(NC(=O)[C@H](OC(=O)c2ccc(SC)cc2OC)c2ccccc2)cc1Cl. The summed E-state index contributed by atoms with van der Waals surface area (Å²) in [6, 6.07) is 18.8. The van der Waals surface area contributed by atoms with Gasteiger partial charge in [0.15, 0.2) is 0 Å². The molecule has 0 saturated carbocycles. The third-order valence-electron chi connectivity index (χ3n) is 4.61. The van der Waals surface area contributed by atoms with Crippen LogP contribution in [0.2, 0.25) is 5.02 Å². The number of rotatable bonds is 8. The molecule has 166 valence electrons. The van der Waals surface area contributed by atoms with E-state index in [0.29, 0.717) is 27.8 Å². The number of amides is 1. The number of nitrogens with one attached hydrogen (secondary N) is 1. The highest BCUT2D eigenvalue weighted by atomic mass is 35.5. The van der Waals surface area contributed by atoms with Crippen LogP contribution in [0, 0.1) is 0 Å². The first-order valence-corrected chi connectivity index (χ1v) is 11.2. The van der Waals surface area contributed by atoms with E-state index in [1.165, 1.54) is 26.0 Å². The van der Waals surface area contributed by atoms with Gasteiger partial charge in [-0.05, 0) is 42.7 Å². The van der Waals surface area contributed by atoms with E-state index in [2.05, 4.69) is 5.32 Å². The summed E-state index contributed by atoms with van der Waals surface area (Å²) in [5.41, 5.74) is 1.20. The lowest BCUT2D eigenvalue weighted by molar-refractivity contribution is -0.125. The van der Waals surface area contributed by atoms with E-state index >= 15 is 0 Å². The van der Waals surface area contributed by atoms with Crippen molar-refractivity contribution in [3.05, 3.63) is 82.9 Å². The van der Waals surface area contributed by atoms with E-state index < -0.39 is 18.0 Å². The van der Waals surface area contributed by atoms with Crippen molar-refractivity contribution in [1.82, 2.24) is 0 Å². The molecular weight excluding hydrogens is 450 g/mol. The number of benzene rings is 3. The minimum atomic E-state index is -1.19. The third kappa shape index (κ3) is 5.55. The predicted molar refractivity (Wildman–Crippen MR) is 126 cm³/mol. The zero-order valence-electron chi connectivity index (χ0n) is 17.8. The molecule has 0 unspecified atom stereocenters. The molecule has 3 aromatic carbocycles. The number of esters is 1. The van der Waals surface area contributed by atoms with E-state index in [1.54, 1.807) is 60.7 Å². The van der Waals surface area contributed by atoms with Crippen LogP contribution in [0.3, 0.4) is 0 Å². The molecule has 0 aliphatic rings. The van der Waals surface area contributed by atoms with Gasteiger partial charge >= 0.3 is 5.97 Å². The van der Waals surface area contributed by atoms with Crippen molar-refractivity contribution in [2.24, 2.45) is 0 Å². The molecule has 3 rings (SSSR count). The van der Waals surface area contributed by atoms with Gasteiger partial charge in [-0.2, -0.15) is 0 Å². The molecule has 0 aromatic heterocycles. The zero-order valence-corrected chi connectivity index (χ0v) is 19.3. The van der Waals surface area contributed by atoms with Crippen LogP contribution >= 0.6 is 23.4 Å². The Morgan fingerprint density at radius 1 is 0.938 bits per heavy atom. The maximum absolute atomic E-state index is 13.1. The largest absolute Gasteiger partial charge is 0.496 e. The molecule has 1 atom stereocenters. The number of hydrogen-bond acceptors (Lipinski definition) is 6. The summed E-state index contributed by atoms with van der Waals surface area (Å²) in [6.45, 7) is 0. The van der Waals surface area contributed by atoms with Crippen LogP contribution in [0.15, 0.2) is 71.6 Å². The molecule has 1 N–H and O–H groups in total. The quantitative estimate of drug-likeness (QED) is 0.339. The summed E-state index contributed by atoms with van der Waals surface area (Å²) in [7, 11) is 2.98. The molecule has 32 heavy (non-hydrogen) atoms. The van der Waals surface area contributed by atoms with Crippen molar-refractivity contribution in [3.63, 3.8) is 0 Å². The second kappa shape index (κ2) is 10.9. The van der Waals surface area contributed by atoms with Gasteiger partial charge in [0.1, 0.15) is 17.1 Å². The summed E-state index contributed by atoms with van der Waals surface area (Å²) in [4.78, 5) is 27.0. The van der Waals surface area contributed by atoms with Crippen LogP contribution < -0.4 is 14.8 Å². The summed E-state index contributed by atoms with van der Waals surface area (Å²) in [5.74, 6) is -0.343. The fraction of sp³-hybridized carbons (Fsp3) is 0.167. The summed E-state index contributed by atoms with van der Waals surface area (Å²) in [6.07, 6.45) is 0.739. The topological polar surface area (TPSA) is 73.9 Å². The van der Waals surface area contributed by atoms with Gasteiger partial charge in [-0.3, -0.25) is 4.79 Å². The maximum Gasteiger partial charge on any atom is 0.343 e. The zero-order chi connectivity index (χ0) is 23.1. The highest BCUT2D eigenvalue weighted by Gasteiger charge is 2.27. The Labute approximate surface area is 195 Å². The Morgan fingerprint density at radius 2 is 1.66 bits per heavy atom.